The van der Waals surface area contributed by atoms with Crippen LogP contribution in [-0.4, -0.2) is 99.6 Å². The largest absolute Gasteiger partial charge is 0.393 e. The lowest BCUT2D eigenvalue weighted by molar-refractivity contribution is -0.126. The number of likely N-dealkylation sites (tertiary alicyclic amines) is 1. The summed E-state index contributed by atoms with van der Waals surface area (Å²) in [5.41, 5.74) is 3.84. The highest BCUT2D eigenvalue weighted by Gasteiger charge is 2.39. The van der Waals surface area contributed by atoms with Gasteiger partial charge in [-0.15, -0.1) is 11.3 Å². The van der Waals surface area contributed by atoms with Crippen LogP contribution < -0.4 is 5.32 Å². The quantitative estimate of drug-likeness (QED) is 0.196. The molecule has 1 N–H and O–H groups in total. The first-order chi connectivity index (χ1) is 23.7. The number of piperidine rings is 1. The Hall–Kier alpha value is -3.36. The normalized spacial score (nSPS) is 21.2. The summed E-state index contributed by atoms with van der Waals surface area (Å²) in [6, 6.07) is 8.05. The Bertz CT molecular complexity index is 1990. The molecule has 2 aliphatic rings. The number of piperazine rings is 1. The molecule has 0 aliphatic carbocycles. The number of halogens is 4. The molecule has 1 aromatic carbocycles. The van der Waals surface area contributed by atoms with E-state index in [-0.39, 0.29) is 29.0 Å². The number of alkyl halides is 4. The number of nitrogens with one attached hydrogen (secondary N) is 1. The van der Waals surface area contributed by atoms with Crippen molar-refractivity contribution in [2.24, 2.45) is 0 Å². The summed E-state index contributed by atoms with van der Waals surface area (Å²) in [6.45, 7) is 11.7. The van der Waals surface area contributed by atoms with Gasteiger partial charge < -0.3 is 9.88 Å². The topological polar surface area (TPSA) is 110 Å². The van der Waals surface area contributed by atoms with Gasteiger partial charge in [0.05, 0.1) is 11.8 Å². The minimum absolute atomic E-state index is 0.00726. The van der Waals surface area contributed by atoms with E-state index in [0.29, 0.717) is 41.4 Å². The first kappa shape index (κ1) is 36.4. The lowest BCUT2D eigenvalue weighted by Crippen LogP contribution is -2.60. The number of aromatic nitrogens is 3. The van der Waals surface area contributed by atoms with E-state index in [1.54, 1.807) is 19.9 Å². The van der Waals surface area contributed by atoms with Gasteiger partial charge in [0.15, 0.2) is 0 Å². The minimum atomic E-state index is -4.28. The van der Waals surface area contributed by atoms with Crippen molar-refractivity contribution in [3.05, 3.63) is 52.3 Å². The van der Waals surface area contributed by atoms with Crippen LogP contribution in [0, 0.1) is 18.3 Å². The summed E-state index contributed by atoms with van der Waals surface area (Å²) in [5, 5.41) is 15.2. The third-order valence-electron chi connectivity index (χ3n) is 10.1. The van der Waals surface area contributed by atoms with Crippen molar-refractivity contribution in [1.29, 1.82) is 5.26 Å². The zero-order chi connectivity index (χ0) is 36.0. The number of anilines is 1. The first-order valence-electron chi connectivity index (χ1n) is 16.8. The molecule has 5 heterocycles. The van der Waals surface area contributed by atoms with Crippen LogP contribution in [0.2, 0.25) is 0 Å². The van der Waals surface area contributed by atoms with Crippen molar-refractivity contribution in [3.8, 4) is 6.07 Å². The van der Waals surface area contributed by atoms with Gasteiger partial charge in [-0.2, -0.15) is 22.7 Å². The minimum Gasteiger partial charge on any atom is -0.367 e. The zero-order valence-electron chi connectivity index (χ0n) is 28.5. The number of hydrogen-bond donors (Lipinski definition) is 1. The molecule has 2 aliphatic heterocycles. The SMILES string of the molecule is Cc1c(CN2CCC(Nc3ncnc4sc(CC(F)(F)F)cc34)CC2)ccc2c1cc(C#N)n2C[C@H](C)N1C[C@@H](C)N(S(=O)(=O)CF)[C@@H](C)C1. The third kappa shape index (κ3) is 7.62. The molecular formula is C34H42F4N8O2S2. The molecule has 3 atom stereocenters. The van der Waals surface area contributed by atoms with Gasteiger partial charge in [0.2, 0.25) is 16.0 Å². The monoisotopic (exact) mass is 734 g/mol. The average molecular weight is 735 g/mol. The molecular weight excluding hydrogens is 693 g/mol. The standard InChI is InChI=1S/C34H42F4N8O2S2/c1-21(44-15-22(2)46(23(3)16-44)50(47,48)19-35)17-45-27(14-39)11-29-24(4)25(5-6-31(29)45)18-43-9-7-26(8-10-43)42-32-30-12-28(13-34(36,37)38)49-33(30)41-20-40-32/h5-6,11-12,20-23,26H,7-10,13,15-19H2,1-4H3,(H,40,41,42)/t21-,22-,23+/m0/s1. The molecule has 0 saturated carbocycles. The highest BCUT2D eigenvalue weighted by Crippen LogP contribution is 2.34. The average Bonchev–Trinajstić information content (AvgIpc) is 3.63. The number of sulfonamides is 1. The number of fused-ring (bicyclic) bond motifs is 2. The lowest BCUT2D eigenvalue weighted by atomic mass is 10.0. The van der Waals surface area contributed by atoms with Crippen LogP contribution in [0.3, 0.4) is 0 Å². The maximum atomic E-state index is 13.3. The first-order valence-corrected chi connectivity index (χ1v) is 19.2. The maximum absolute atomic E-state index is 13.3. The second-order valence-corrected chi connectivity index (χ2v) is 16.6. The number of benzene rings is 1. The van der Waals surface area contributed by atoms with E-state index in [0.717, 1.165) is 60.3 Å². The summed E-state index contributed by atoms with van der Waals surface area (Å²) in [6.07, 6.45) is -2.16. The van der Waals surface area contributed by atoms with Crippen LogP contribution in [0.25, 0.3) is 21.1 Å². The third-order valence-corrected chi connectivity index (χ3v) is 12.7. The Labute approximate surface area is 293 Å². The van der Waals surface area contributed by atoms with E-state index in [4.69, 9.17) is 0 Å². The number of nitriles is 1. The van der Waals surface area contributed by atoms with E-state index in [2.05, 4.69) is 57.1 Å². The molecule has 0 spiro atoms. The molecule has 3 aromatic heterocycles. The summed E-state index contributed by atoms with van der Waals surface area (Å²) < 4.78 is 80.2. The number of aryl methyl sites for hydroxylation is 1. The van der Waals surface area contributed by atoms with E-state index in [9.17, 15) is 31.2 Å². The molecule has 270 valence electrons. The summed E-state index contributed by atoms with van der Waals surface area (Å²) in [5.74, 6) is 0.572. The molecule has 0 bridgehead atoms. The van der Waals surface area contributed by atoms with Gasteiger partial charge in [-0.3, -0.25) is 9.80 Å². The fourth-order valence-corrected chi connectivity index (χ4v) is 10.0. The Kier molecular flexibility index (Phi) is 10.4. The molecule has 10 nitrogen and oxygen atoms in total. The molecule has 50 heavy (non-hydrogen) atoms. The Morgan fingerprint density at radius 1 is 1.10 bits per heavy atom. The van der Waals surface area contributed by atoms with Gasteiger partial charge in [0.1, 0.15) is 28.7 Å². The van der Waals surface area contributed by atoms with Crippen LogP contribution in [0.1, 0.15) is 55.3 Å². The van der Waals surface area contributed by atoms with Crippen molar-refractivity contribution >= 4 is 48.3 Å². The second kappa shape index (κ2) is 14.3. The van der Waals surface area contributed by atoms with Crippen molar-refractivity contribution in [2.75, 3.05) is 37.5 Å². The number of rotatable bonds is 10. The van der Waals surface area contributed by atoms with E-state index < -0.39 is 28.6 Å². The van der Waals surface area contributed by atoms with E-state index >= 15 is 0 Å². The molecule has 16 heteroatoms. The zero-order valence-corrected chi connectivity index (χ0v) is 30.2. The molecule has 0 amide bonds. The van der Waals surface area contributed by atoms with Crippen LogP contribution in [0.4, 0.5) is 23.4 Å². The van der Waals surface area contributed by atoms with Gasteiger partial charge in [0.25, 0.3) is 0 Å². The fourth-order valence-electron chi connectivity index (χ4n) is 7.65. The summed E-state index contributed by atoms with van der Waals surface area (Å²) in [4.78, 5) is 13.9. The van der Waals surface area contributed by atoms with Crippen molar-refractivity contribution in [1.82, 2.24) is 28.6 Å². The molecule has 0 unspecified atom stereocenters. The van der Waals surface area contributed by atoms with Crippen LogP contribution in [0.5, 0.6) is 0 Å². The molecule has 6 rings (SSSR count). The second-order valence-electron chi connectivity index (χ2n) is 13.7. The van der Waals surface area contributed by atoms with Gasteiger partial charge in [-0.05, 0) is 69.9 Å². The van der Waals surface area contributed by atoms with Crippen LogP contribution in [0.15, 0.2) is 30.6 Å². The predicted octanol–water partition coefficient (Wildman–Crippen LogP) is 6.05. The number of hydrogen-bond acceptors (Lipinski definition) is 9. The van der Waals surface area contributed by atoms with Gasteiger partial charge in [-0.25, -0.2) is 22.8 Å². The maximum Gasteiger partial charge on any atom is 0.393 e. The fraction of sp³-hybridized carbons (Fsp3) is 0.559. The van der Waals surface area contributed by atoms with E-state index in [1.807, 2.05) is 10.6 Å². The Balaban J connectivity index is 1.10. The van der Waals surface area contributed by atoms with E-state index in [1.165, 1.54) is 16.2 Å². The van der Waals surface area contributed by atoms with Crippen LogP contribution >= 0.6 is 11.3 Å². The van der Waals surface area contributed by atoms with Crippen molar-refractivity contribution < 1.29 is 26.0 Å². The lowest BCUT2D eigenvalue weighted by Gasteiger charge is -2.45. The van der Waals surface area contributed by atoms with Gasteiger partial charge in [-0.1, -0.05) is 6.07 Å². The van der Waals surface area contributed by atoms with Gasteiger partial charge in [0, 0.05) is 79.2 Å². The van der Waals surface area contributed by atoms with Crippen molar-refractivity contribution in [3.63, 3.8) is 0 Å². The highest BCUT2D eigenvalue weighted by atomic mass is 32.2. The number of nitrogens with zero attached hydrogens (tertiary/aromatic N) is 7. The van der Waals surface area contributed by atoms with Crippen molar-refractivity contribution in [2.45, 2.75) is 90.4 Å². The van der Waals surface area contributed by atoms with Gasteiger partial charge >= 0.3 is 6.18 Å². The molecule has 2 saturated heterocycles. The summed E-state index contributed by atoms with van der Waals surface area (Å²) in [7, 11) is -3.95. The van der Waals surface area contributed by atoms with Crippen LogP contribution in [-0.2, 0) is 29.5 Å². The number of thiophene rings is 1. The Morgan fingerprint density at radius 3 is 2.44 bits per heavy atom. The molecule has 4 aromatic rings. The molecule has 0 radical (unpaired) electrons. The Morgan fingerprint density at radius 2 is 1.80 bits per heavy atom. The highest BCUT2D eigenvalue weighted by molar-refractivity contribution is 7.88. The smallest absolute Gasteiger partial charge is 0.367 e. The molecule has 2 fully saturated rings. The predicted molar refractivity (Wildman–Crippen MR) is 187 cm³/mol. The summed E-state index contributed by atoms with van der Waals surface area (Å²) >= 11 is 1.05.